The Morgan fingerprint density at radius 1 is 0.882 bits per heavy atom. The molecule has 4 atom stereocenters. The van der Waals surface area contributed by atoms with Crippen LogP contribution in [0.5, 0.6) is 0 Å². The van der Waals surface area contributed by atoms with E-state index in [0.717, 1.165) is 44.4 Å². The van der Waals surface area contributed by atoms with Gasteiger partial charge in [-0.25, -0.2) is 4.98 Å². The number of rotatable bonds is 9. The zero-order valence-electron chi connectivity index (χ0n) is 27.6. The van der Waals surface area contributed by atoms with Gasteiger partial charge in [0.1, 0.15) is 6.04 Å². The Hall–Kier alpha value is -5.04. The van der Waals surface area contributed by atoms with Crippen molar-refractivity contribution in [3.63, 3.8) is 0 Å². The van der Waals surface area contributed by atoms with Crippen molar-refractivity contribution in [3.05, 3.63) is 126 Å². The monoisotopic (exact) mass is 698 g/mol. The minimum absolute atomic E-state index is 0.0372. The van der Waals surface area contributed by atoms with Crippen LogP contribution in [0.25, 0.3) is 22.2 Å². The molecule has 2 amide bonds. The lowest BCUT2D eigenvalue weighted by atomic mass is 9.99. The topological polar surface area (TPSA) is 106 Å². The molecule has 7 rings (SSSR count). The third-order valence-electron chi connectivity index (χ3n) is 9.51. The Morgan fingerprint density at radius 2 is 1.65 bits per heavy atom. The molecule has 0 aliphatic carbocycles. The minimum atomic E-state index is -5.02. The molecule has 0 bridgehead atoms. The van der Waals surface area contributed by atoms with Gasteiger partial charge in [0.05, 0.1) is 42.7 Å². The average molecular weight is 699 g/mol. The van der Waals surface area contributed by atoms with Gasteiger partial charge >= 0.3 is 12.1 Å². The predicted molar refractivity (Wildman–Crippen MR) is 183 cm³/mol. The van der Waals surface area contributed by atoms with Crippen LogP contribution in [0.4, 0.5) is 13.2 Å². The lowest BCUT2D eigenvalue weighted by molar-refractivity contribution is -0.252. The average Bonchev–Trinajstić information content (AvgIpc) is 3.81. The molecule has 0 spiro atoms. The number of likely N-dealkylation sites (tertiary alicyclic amines) is 1. The molecule has 2 fully saturated rings. The van der Waals surface area contributed by atoms with E-state index in [9.17, 15) is 27.9 Å². The van der Waals surface area contributed by atoms with Crippen LogP contribution >= 0.6 is 0 Å². The highest BCUT2D eigenvalue weighted by atomic mass is 19.4. The normalized spacial score (nSPS) is 20.8. The van der Waals surface area contributed by atoms with Crippen LogP contribution in [0.15, 0.2) is 103 Å². The summed E-state index contributed by atoms with van der Waals surface area (Å²) < 4.78 is 54.3. The van der Waals surface area contributed by atoms with Gasteiger partial charge in [0.25, 0.3) is 0 Å². The van der Waals surface area contributed by atoms with Gasteiger partial charge in [0.2, 0.25) is 5.91 Å². The smallest absolute Gasteiger partial charge is 0.392 e. The zero-order chi connectivity index (χ0) is 35.5. The third-order valence-corrected chi connectivity index (χ3v) is 9.51. The molecule has 0 radical (unpaired) electrons. The first-order chi connectivity index (χ1) is 24.7. The number of halogens is 3. The summed E-state index contributed by atoms with van der Waals surface area (Å²) in [5.74, 6) is -2.58. The van der Waals surface area contributed by atoms with Gasteiger partial charge in [0.15, 0.2) is 6.29 Å². The van der Waals surface area contributed by atoms with Crippen molar-refractivity contribution in [3.8, 4) is 11.1 Å². The fourth-order valence-electron chi connectivity index (χ4n) is 6.85. The number of alkyl halides is 3. The Bertz CT molecular complexity index is 2000. The second-order valence-electron chi connectivity index (χ2n) is 12.9. The Labute approximate surface area is 292 Å². The van der Waals surface area contributed by atoms with Crippen molar-refractivity contribution in [1.29, 1.82) is 0 Å². The van der Waals surface area contributed by atoms with Crippen LogP contribution in [0, 0.1) is 0 Å². The van der Waals surface area contributed by atoms with Crippen molar-refractivity contribution >= 4 is 22.8 Å². The molecule has 2 saturated heterocycles. The first-order valence-corrected chi connectivity index (χ1v) is 16.9. The molecule has 4 aromatic carbocycles. The molecule has 2 aliphatic heterocycles. The van der Waals surface area contributed by atoms with Gasteiger partial charge in [-0.1, -0.05) is 78.9 Å². The lowest BCUT2D eigenvalue weighted by Gasteiger charge is -2.36. The van der Waals surface area contributed by atoms with Crippen molar-refractivity contribution in [2.75, 3.05) is 6.54 Å². The number of aliphatic hydroxyl groups excluding tert-OH is 1. The molecule has 9 nitrogen and oxygen atoms in total. The molecule has 2 aliphatic rings. The molecule has 3 heterocycles. The van der Waals surface area contributed by atoms with E-state index in [4.69, 9.17) is 9.47 Å². The lowest BCUT2D eigenvalue weighted by Crippen LogP contribution is -2.50. The molecule has 2 N–H and O–H groups in total. The first kappa shape index (κ1) is 34.4. The predicted octanol–water partition coefficient (Wildman–Crippen LogP) is 6.61. The molecule has 0 unspecified atom stereocenters. The number of amides is 2. The summed E-state index contributed by atoms with van der Waals surface area (Å²) in [7, 11) is 0. The van der Waals surface area contributed by atoms with E-state index in [2.05, 4.69) is 14.9 Å². The quantitative estimate of drug-likeness (QED) is 0.180. The number of para-hydroxylation sites is 2. The maximum absolute atomic E-state index is 13.0. The van der Waals surface area contributed by atoms with E-state index in [1.54, 1.807) is 0 Å². The molecule has 5 aromatic rings. The minimum Gasteiger partial charge on any atom is -0.392 e. The number of ether oxygens (including phenoxy) is 2. The first-order valence-electron chi connectivity index (χ1n) is 16.9. The molecule has 0 saturated carbocycles. The summed E-state index contributed by atoms with van der Waals surface area (Å²) >= 11 is 0. The Morgan fingerprint density at radius 3 is 2.41 bits per heavy atom. The highest BCUT2D eigenvalue weighted by Gasteiger charge is 2.47. The number of carbonyl (C=O) groups is 2. The van der Waals surface area contributed by atoms with E-state index in [1.165, 1.54) is 0 Å². The summed E-state index contributed by atoms with van der Waals surface area (Å²) in [5, 5.41) is 12.2. The van der Waals surface area contributed by atoms with E-state index in [1.807, 2.05) is 103 Å². The van der Waals surface area contributed by atoms with E-state index in [-0.39, 0.29) is 38.3 Å². The number of hydrogen-bond donors (Lipinski definition) is 2. The van der Waals surface area contributed by atoms with Crippen LogP contribution in [0.1, 0.15) is 53.9 Å². The van der Waals surface area contributed by atoms with Gasteiger partial charge in [0, 0.05) is 25.1 Å². The summed E-state index contributed by atoms with van der Waals surface area (Å²) in [6.45, 7) is 0.557. The maximum Gasteiger partial charge on any atom is 0.471 e. The number of carbonyl (C=O) groups excluding carboxylic acids is 2. The summed E-state index contributed by atoms with van der Waals surface area (Å²) in [6, 6.07) is 30.0. The Kier molecular flexibility index (Phi) is 9.90. The number of benzene rings is 4. The zero-order valence-corrected chi connectivity index (χ0v) is 27.6. The van der Waals surface area contributed by atoms with Gasteiger partial charge in [-0.15, -0.1) is 0 Å². The number of aromatic nitrogens is 2. The van der Waals surface area contributed by atoms with Gasteiger partial charge in [-0.3, -0.25) is 9.59 Å². The molecule has 12 heteroatoms. The van der Waals surface area contributed by atoms with Crippen LogP contribution in [0.3, 0.4) is 0 Å². The van der Waals surface area contributed by atoms with Crippen LogP contribution in [-0.4, -0.2) is 56.2 Å². The number of imidazole rings is 1. The van der Waals surface area contributed by atoms with Crippen molar-refractivity contribution in [1.82, 2.24) is 19.8 Å². The fraction of sp³-hybridized carbons (Fsp3) is 0.308. The molecular weight excluding hydrogens is 661 g/mol. The number of hydrogen-bond acceptors (Lipinski definition) is 6. The number of nitrogens with zero attached hydrogens (tertiary/aromatic N) is 3. The third kappa shape index (κ3) is 7.68. The SMILES string of the molecule is O=C(NCc1cccc(-c2ccc([C@@H]3O[C@H](Cn4cnc5ccccc54)C[C@H](c4ccc(CO)cc4)O3)cc2)c1)[C@@H]1CCCN1C(=O)C(F)(F)F. The van der Waals surface area contributed by atoms with Crippen molar-refractivity contribution in [2.45, 2.75) is 69.7 Å². The second kappa shape index (κ2) is 14.7. The molecular formula is C39H37F3N4O5. The van der Waals surface area contributed by atoms with E-state index in [0.29, 0.717) is 24.3 Å². The summed E-state index contributed by atoms with van der Waals surface area (Å²) in [6.07, 6.45) is -3.11. The van der Waals surface area contributed by atoms with Crippen LogP contribution in [-0.2, 0) is 38.8 Å². The van der Waals surface area contributed by atoms with Crippen molar-refractivity contribution < 1.29 is 37.3 Å². The van der Waals surface area contributed by atoms with Gasteiger partial charge < -0.3 is 29.4 Å². The molecule has 264 valence electrons. The van der Waals surface area contributed by atoms with E-state index < -0.39 is 30.3 Å². The van der Waals surface area contributed by atoms with Crippen molar-refractivity contribution in [2.24, 2.45) is 0 Å². The summed E-state index contributed by atoms with van der Waals surface area (Å²) in [5.41, 5.74) is 7.17. The number of nitrogens with one attached hydrogen (secondary N) is 1. The fourth-order valence-corrected chi connectivity index (χ4v) is 6.85. The number of aliphatic hydroxyl groups is 1. The van der Waals surface area contributed by atoms with Gasteiger partial charge in [-0.2, -0.15) is 13.2 Å². The largest absolute Gasteiger partial charge is 0.471 e. The van der Waals surface area contributed by atoms with Gasteiger partial charge in [-0.05, 0) is 58.9 Å². The van der Waals surface area contributed by atoms with Crippen LogP contribution in [0.2, 0.25) is 0 Å². The number of fused-ring (bicyclic) bond motifs is 1. The highest BCUT2D eigenvalue weighted by molar-refractivity contribution is 5.90. The maximum atomic E-state index is 13.0. The Balaban J connectivity index is 1.05. The molecule has 1 aromatic heterocycles. The second-order valence-corrected chi connectivity index (χ2v) is 12.9. The highest BCUT2D eigenvalue weighted by Crippen LogP contribution is 2.39. The molecule has 51 heavy (non-hydrogen) atoms. The van der Waals surface area contributed by atoms with E-state index >= 15 is 0 Å². The standard InChI is InChI=1S/C39H37F3N4O5/c40-39(41,42)38(49)46-18-4-9-34(46)36(48)43-21-26-5-3-6-30(19-26)27-14-16-29(17-15-27)37-50-31(22-45-24-44-32-7-1-2-8-33(32)45)20-35(51-37)28-12-10-25(23-47)11-13-28/h1-3,5-8,10-17,19,24,31,34-35,37,47H,4,9,18,20-23H2,(H,43,48)/t31-,34-,35+,37+/m0/s1. The summed E-state index contributed by atoms with van der Waals surface area (Å²) in [4.78, 5) is 29.8. The van der Waals surface area contributed by atoms with Crippen LogP contribution < -0.4 is 5.32 Å².